The van der Waals surface area contributed by atoms with Crippen molar-refractivity contribution in [1.29, 1.82) is 0 Å². The van der Waals surface area contributed by atoms with Crippen LogP contribution in [0.2, 0.25) is 0 Å². The van der Waals surface area contributed by atoms with E-state index < -0.39 is 0 Å². The molecule has 1 aromatic carbocycles. The smallest absolute Gasteiger partial charge is 0.274 e. The van der Waals surface area contributed by atoms with Crippen LogP contribution in [0.3, 0.4) is 0 Å². The lowest BCUT2D eigenvalue weighted by Gasteiger charge is -2.31. The van der Waals surface area contributed by atoms with Gasteiger partial charge >= 0.3 is 0 Å². The third-order valence-corrected chi connectivity index (χ3v) is 5.24. The van der Waals surface area contributed by atoms with Gasteiger partial charge in [-0.3, -0.25) is 14.3 Å². The van der Waals surface area contributed by atoms with Gasteiger partial charge in [0.25, 0.3) is 5.91 Å². The van der Waals surface area contributed by atoms with Crippen molar-refractivity contribution in [1.82, 2.24) is 20.0 Å². The number of carbonyl (C=O) groups excluding carboxylic acids is 2. The number of aryl methyl sites for hydroxylation is 1. The van der Waals surface area contributed by atoms with E-state index in [0.717, 1.165) is 24.9 Å². The van der Waals surface area contributed by atoms with Crippen molar-refractivity contribution in [2.24, 2.45) is 5.92 Å². The first-order valence-electron chi connectivity index (χ1n) is 9.74. The molecule has 0 unspecified atom stereocenters. The highest BCUT2D eigenvalue weighted by atomic mass is 16.2. The van der Waals surface area contributed by atoms with Crippen LogP contribution in [0.15, 0.2) is 42.6 Å². The van der Waals surface area contributed by atoms with Crippen molar-refractivity contribution < 1.29 is 9.59 Å². The molecule has 1 aliphatic rings. The summed E-state index contributed by atoms with van der Waals surface area (Å²) in [5.74, 6) is 0.394. The van der Waals surface area contributed by atoms with E-state index in [1.54, 1.807) is 10.7 Å². The maximum absolute atomic E-state index is 12.5. The molecule has 6 heteroatoms. The number of piperidine rings is 1. The van der Waals surface area contributed by atoms with Crippen LogP contribution < -0.4 is 5.32 Å². The van der Waals surface area contributed by atoms with E-state index in [-0.39, 0.29) is 17.9 Å². The molecule has 3 rings (SSSR count). The first-order valence-corrected chi connectivity index (χ1v) is 9.74. The Kier molecular flexibility index (Phi) is 6.27. The molecule has 1 aromatic heterocycles. The van der Waals surface area contributed by atoms with Gasteiger partial charge in [-0.15, -0.1) is 0 Å². The fourth-order valence-corrected chi connectivity index (χ4v) is 3.54. The van der Waals surface area contributed by atoms with Gasteiger partial charge in [0.05, 0.1) is 6.04 Å². The number of hydrogen-bond donors (Lipinski definition) is 1. The number of nitrogens with zero attached hydrogens (tertiary/aromatic N) is 3. The predicted molar refractivity (Wildman–Crippen MR) is 104 cm³/mol. The molecular formula is C21H28N4O2. The molecular weight excluding hydrogens is 340 g/mol. The van der Waals surface area contributed by atoms with Crippen molar-refractivity contribution >= 4 is 11.8 Å². The van der Waals surface area contributed by atoms with Gasteiger partial charge in [0.2, 0.25) is 5.91 Å². The van der Waals surface area contributed by atoms with Crippen LogP contribution in [0, 0.1) is 5.92 Å². The van der Waals surface area contributed by atoms with Gasteiger partial charge in [-0.2, -0.15) is 5.10 Å². The summed E-state index contributed by atoms with van der Waals surface area (Å²) < 4.78 is 1.76. The second-order valence-corrected chi connectivity index (χ2v) is 7.20. The van der Waals surface area contributed by atoms with Crippen LogP contribution in [0.4, 0.5) is 0 Å². The molecule has 0 radical (unpaired) electrons. The lowest BCUT2D eigenvalue weighted by atomic mass is 9.93. The maximum atomic E-state index is 12.5. The normalized spacial score (nSPS) is 16.1. The number of likely N-dealkylation sites (tertiary alicyclic amines) is 1. The fraction of sp³-hybridized carbons (Fsp3) is 0.476. The molecule has 2 heterocycles. The number of hydrogen-bond acceptors (Lipinski definition) is 3. The van der Waals surface area contributed by atoms with Crippen LogP contribution in [0.1, 0.15) is 55.2 Å². The molecule has 1 aliphatic heterocycles. The standard InChI is InChI=1S/C21H28N4O2/c1-3-25-14-11-19(23-25)21(27)24-12-9-17(10-13-24)15-20(26)22-16(2)18-7-5-4-6-8-18/h4-8,11,14,16-17H,3,9-10,12-13,15H2,1-2H3,(H,22,26)/t16-/m0/s1. The van der Waals surface area contributed by atoms with E-state index in [0.29, 0.717) is 31.1 Å². The average Bonchev–Trinajstić information content (AvgIpc) is 3.18. The third-order valence-electron chi connectivity index (χ3n) is 5.24. The van der Waals surface area contributed by atoms with Crippen LogP contribution >= 0.6 is 0 Å². The maximum Gasteiger partial charge on any atom is 0.274 e. The van der Waals surface area contributed by atoms with Crippen molar-refractivity contribution in [2.75, 3.05) is 13.1 Å². The van der Waals surface area contributed by atoms with E-state index in [1.165, 1.54) is 0 Å². The number of amides is 2. The predicted octanol–water partition coefficient (Wildman–Crippen LogP) is 3.02. The first kappa shape index (κ1) is 19.1. The van der Waals surface area contributed by atoms with Gasteiger partial charge in [0, 0.05) is 32.3 Å². The number of rotatable bonds is 6. The van der Waals surface area contributed by atoms with E-state index in [2.05, 4.69) is 10.4 Å². The van der Waals surface area contributed by atoms with Crippen LogP contribution in [-0.4, -0.2) is 39.6 Å². The van der Waals surface area contributed by atoms with E-state index in [1.807, 2.05) is 55.3 Å². The summed E-state index contributed by atoms with van der Waals surface area (Å²) in [6.45, 7) is 6.13. The summed E-state index contributed by atoms with van der Waals surface area (Å²) in [5, 5.41) is 7.37. The molecule has 144 valence electrons. The molecule has 2 aromatic rings. The monoisotopic (exact) mass is 368 g/mol. The van der Waals surface area contributed by atoms with Crippen molar-refractivity contribution in [2.45, 2.75) is 45.7 Å². The molecule has 2 amide bonds. The highest BCUT2D eigenvalue weighted by molar-refractivity contribution is 5.92. The topological polar surface area (TPSA) is 67.2 Å². The minimum absolute atomic E-state index is 0.00837. The Morgan fingerprint density at radius 1 is 1.19 bits per heavy atom. The number of nitrogens with one attached hydrogen (secondary N) is 1. The lowest BCUT2D eigenvalue weighted by Crippen LogP contribution is -2.40. The Balaban J connectivity index is 1.45. The summed E-state index contributed by atoms with van der Waals surface area (Å²) in [4.78, 5) is 26.7. The zero-order valence-corrected chi connectivity index (χ0v) is 16.1. The van der Waals surface area contributed by atoms with Crippen LogP contribution in [0.5, 0.6) is 0 Å². The Hall–Kier alpha value is -2.63. The zero-order valence-electron chi connectivity index (χ0n) is 16.1. The quantitative estimate of drug-likeness (QED) is 0.852. The molecule has 27 heavy (non-hydrogen) atoms. The summed E-state index contributed by atoms with van der Waals surface area (Å²) in [6, 6.07) is 11.8. The van der Waals surface area contributed by atoms with E-state index >= 15 is 0 Å². The molecule has 0 saturated carbocycles. The minimum atomic E-state index is -0.0113. The van der Waals surface area contributed by atoms with Gasteiger partial charge in [0.15, 0.2) is 0 Å². The van der Waals surface area contributed by atoms with Crippen LogP contribution in [0.25, 0.3) is 0 Å². The average molecular weight is 368 g/mol. The third kappa shape index (κ3) is 4.96. The summed E-state index contributed by atoms with van der Waals surface area (Å²) >= 11 is 0. The van der Waals surface area contributed by atoms with Gasteiger partial charge in [-0.05, 0) is 44.2 Å². The van der Waals surface area contributed by atoms with Crippen molar-refractivity contribution in [3.8, 4) is 0 Å². The molecule has 0 spiro atoms. The number of carbonyl (C=O) groups is 2. The largest absolute Gasteiger partial charge is 0.350 e. The van der Waals surface area contributed by atoms with Crippen LogP contribution in [-0.2, 0) is 11.3 Å². The van der Waals surface area contributed by atoms with Crippen molar-refractivity contribution in [3.63, 3.8) is 0 Å². The van der Waals surface area contributed by atoms with E-state index in [4.69, 9.17) is 0 Å². The Bertz CT molecular complexity index is 763. The lowest BCUT2D eigenvalue weighted by molar-refractivity contribution is -0.122. The SMILES string of the molecule is CCn1ccc(C(=O)N2CCC(CC(=O)N[C@@H](C)c3ccccc3)CC2)n1. The van der Waals surface area contributed by atoms with Gasteiger partial charge in [-0.1, -0.05) is 30.3 Å². The van der Waals surface area contributed by atoms with Gasteiger partial charge in [-0.25, -0.2) is 0 Å². The van der Waals surface area contributed by atoms with Gasteiger partial charge in [0.1, 0.15) is 5.69 Å². The second-order valence-electron chi connectivity index (χ2n) is 7.20. The molecule has 6 nitrogen and oxygen atoms in total. The zero-order chi connectivity index (χ0) is 19.2. The molecule has 0 aliphatic carbocycles. The fourth-order valence-electron chi connectivity index (χ4n) is 3.54. The Labute approximate surface area is 160 Å². The first-order chi connectivity index (χ1) is 13.1. The van der Waals surface area contributed by atoms with E-state index in [9.17, 15) is 9.59 Å². The molecule has 1 saturated heterocycles. The molecule has 0 bridgehead atoms. The highest BCUT2D eigenvalue weighted by Gasteiger charge is 2.26. The van der Waals surface area contributed by atoms with Crippen molar-refractivity contribution in [3.05, 3.63) is 53.9 Å². The Morgan fingerprint density at radius 2 is 1.89 bits per heavy atom. The van der Waals surface area contributed by atoms with Gasteiger partial charge < -0.3 is 10.2 Å². The minimum Gasteiger partial charge on any atom is -0.350 e. The number of aromatic nitrogens is 2. The second kappa shape index (κ2) is 8.84. The summed E-state index contributed by atoms with van der Waals surface area (Å²) in [5.41, 5.74) is 1.61. The summed E-state index contributed by atoms with van der Waals surface area (Å²) in [6.07, 6.45) is 4.06. The summed E-state index contributed by atoms with van der Waals surface area (Å²) in [7, 11) is 0. The molecule has 1 atom stereocenters. The highest BCUT2D eigenvalue weighted by Crippen LogP contribution is 2.22. The Morgan fingerprint density at radius 3 is 2.52 bits per heavy atom. The molecule has 1 N–H and O–H groups in total. The number of benzene rings is 1. The molecule has 1 fully saturated rings.